The highest BCUT2D eigenvalue weighted by Crippen LogP contribution is 2.53. The lowest BCUT2D eigenvalue weighted by Crippen LogP contribution is -2.48. The lowest BCUT2D eigenvalue weighted by atomic mass is 9.57. The number of carbonyl (C=O) groups excluding carboxylic acids is 2. The summed E-state index contributed by atoms with van der Waals surface area (Å²) in [6.45, 7) is 4.15. The monoisotopic (exact) mass is 494 g/mol. The van der Waals surface area contributed by atoms with Crippen LogP contribution in [0.3, 0.4) is 0 Å². The third-order valence-electron chi connectivity index (χ3n) is 8.18. The first kappa shape index (κ1) is 24.5. The Morgan fingerprint density at radius 2 is 2.11 bits per heavy atom. The van der Waals surface area contributed by atoms with Crippen molar-refractivity contribution in [3.63, 3.8) is 0 Å². The SMILES string of the molecule is CCOC(=O)N[C@@H]1CC[C@@H]2[C@@H](C1)C[C@H]1C(=O)O[C@H](C)[C@H]1[C@H]2/C=[14CH]/c1ccc(-c2cccc(F)c2)cn1. The van der Waals surface area contributed by atoms with Crippen molar-refractivity contribution >= 4 is 18.1 Å². The van der Waals surface area contributed by atoms with Crippen molar-refractivity contribution in [3.05, 3.63) is 60.2 Å². The largest absolute Gasteiger partial charge is 0.462 e. The predicted octanol–water partition coefficient (Wildman–Crippen LogP) is 5.63. The Balaban J connectivity index is 1.34. The van der Waals surface area contributed by atoms with Crippen LogP contribution in [-0.4, -0.2) is 35.8 Å². The Morgan fingerprint density at radius 1 is 1.25 bits per heavy atom. The van der Waals surface area contributed by atoms with E-state index in [0.717, 1.165) is 42.5 Å². The number of nitrogens with one attached hydrogen (secondary N) is 1. The molecule has 1 aromatic carbocycles. The maximum atomic E-state index is 13.6. The third kappa shape index (κ3) is 5.01. The summed E-state index contributed by atoms with van der Waals surface area (Å²) >= 11 is 0. The molecular formula is C29H33FN2O4. The summed E-state index contributed by atoms with van der Waals surface area (Å²) in [5.41, 5.74) is 2.48. The Hall–Kier alpha value is -3.22. The lowest BCUT2D eigenvalue weighted by molar-refractivity contribution is -0.144. The zero-order valence-corrected chi connectivity index (χ0v) is 20.7. The van der Waals surface area contributed by atoms with Crippen molar-refractivity contribution in [2.45, 2.75) is 51.7 Å². The highest BCUT2D eigenvalue weighted by molar-refractivity contribution is 5.75. The van der Waals surface area contributed by atoms with E-state index in [-0.39, 0.29) is 47.8 Å². The molecule has 0 bridgehead atoms. The van der Waals surface area contributed by atoms with Crippen LogP contribution in [0.4, 0.5) is 9.18 Å². The van der Waals surface area contributed by atoms with Crippen molar-refractivity contribution in [1.29, 1.82) is 0 Å². The molecule has 2 aliphatic carbocycles. The smallest absolute Gasteiger partial charge is 0.407 e. The minimum absolute atomic E-state index is 0.0679. The summed E-state index contributed by atoms with van der Waals surface area (Å²) in [5.74, 6) is 0.629. The van der Waals surface area contributed by atoms with Crippen molar-refractivity contribution < 1.29 is 23.5 Å². The number of allylic oxidation sites excluding steroid dienone is 1. The first-order valence-electron chi connectivity index (χ1n) is 13.0. The molecule has 0 unspecified atom stereocenters. The first-order chi connectivity index (χ1) is 17.4. The number of nitrogens with zero attached hydrogens (tertiary/aromatic N) is 1. The van der Waals surface area contributed by atoms with Crippen LogP contribution in [0.15, 0.2) is 48.7 Å². The van der Waals surface area contributed by atoms with Gasteiger partial charge in [0.15, 0.2) is 0 Å². The number of alkyl carbamates (subject to hydrolysis) is 1. The number of hydrogen-bond acceptors (Lipinski definition) is 5. The van der Waals surface area contributed by atoms with E-state index >= 15 is 0 Å². The zero-order chi connectivity index (χ0) is 25.2. The summed E-state index contributed by atoms with van der Waals surface area (Å²) in [7, 11) is 0. The number of rotatable bonds is 5. The van der Waals surface area contributed by atoms with Crippen molar-refractivity contribution in [1.82, 2.24) is 10.3 Å². The first-order valence-corrected chi connectivity index (χ1v) is 13.0. The number of aromatic nitrogens is 1. The van der Waals surface area contributed by atoms with E-state index in [9.17, 15) is 14.0 Å². The summed E-state index contributed by atoms with van der Waals surface area (Å²) in [6, 6.07) is 10.4. The summed E-state index contributed by atoms with van der Waals surface area (Å²) in [5, 5.41) is 3.00. The van der Waals surface area contributed by atoms with Crippen LogP contribution in [0.25, 0.3) is 17.2 Å². The number of hydrogen-bond donors (Lipinski definition) is 1. The van der Waals surface area contributed by atoms with E-state index < -0.39 is 0 Å². The maximum absolute atomic E-state index is 13.6. The molecule has 7 heteroatoms. The molecule has 1 aromatic heterocycles. The van der Waals surface area contributed by atoms with E-state index in [2.05, 4.69) is 16.4 Å². The maximum Gasteiger partial charge on any atom is 0.407 e. The molecule has 7 atom stereocenters. The van der Waals surface area contributed by atoms with Crippen LogP contribution in [0.1, 0.15) is 45.2 Å². The summed E-state index contributed by atoms with van der Waals surface area (Å²) in [6.07, 6.45) is 9.07. The van der Waals surface area contributed by atoms with Gasteiger partial charge < -0.3 is 14.8 Å². The van der Waals surface area contributed by atoms with Crippen LogP contribution in [0.5, 0.6) is 0 Å². The van der Waals surface area contributed by atoms with Gasteiger partial charge >= 0.3 is 12.1 Å². The number of amides is 1. The number of carbonyl (C=O) groups is 2. The van der Waals surface area contributed by atoms with Gasteiger partial charge in [-0.15, -0.1) is 0 Å². The molecule has 1 saturated heterocycles. The number of pyridine rings is 1. The lowest BCUT2D eigenvalue weighted by Gasteiger charge is -2.47. The number of esters is 1. The van der Waals surface area contributed by atoms with Gasteiger partial charge in [-0.2, -0.15) is 0 Å². The summed E-state index contributed by atoms with van der Waals surface area (Å²) in [4.78, 5) is 29.2. The fourth-order valence-corrected chi connectivity index (χ4v) is 6.64. The zero-order valence-electron chi connectivity index (χ0n) is 20.7. The molecule has 36 heavy (non-hydrogen) atoms. The van der Waals surface area contributed by atoms with Crippen LogP contribution >= 0.6 is 0 Å². The molecule has 2 heterocycles. The average Bonchev–Trinajstić information content (AvgIpc) is 3.15. The molecule has 6 nitrogen and oxygen atoms in total. The Morgan fingerprint density at radius 3 is 2.86 bits per heavy atom. The van der Waals surface area contributed by atoms with Gasteiger partial charge in [-0.25, -0.2) is 9.18 Å². The van der Waals surface area contributed by atoms with Crippen molar-refractivity contribution in [3.8, 4) is 11.1 Å². The minimum atomic E-state index is -0.368. The molecule has 1 amide bonds. The van der Waals surface area contributed by atoms with E-state index in [0.29, 0.717) is 18.4 Å². The predicted molar refractivity (Wildman–Crippen MR) is 134 cm³/mol. The second-order valence-corrected chi connectivity index (χ2v) is 10.3. The van der Waals surface area contributed by atoms with Crippen molar-refractivity contribution in [2.24, 2.45) is 29.6 Å². The van der Waals surface area contributed by atoms with Crippen molar-refractivity contribution in [2.75, 3.05) is 6.61 Å². The van der Waals surface area contributed by atoms with Gasteiger partial charge in [0.05, 0.1) is 18.2 Å². The van der Waals surface area contributed by atoms with Gasteiger partial charge in [-0.05, 0) is 87.1 Å². The fraction of sp³-hybridized carbons (Fsp3) is 0.483. The number of cyclic esters (lactones) is 1. The number of fused-ring (bicyclic) bond motifs is 2. The van der Waals surface area contributed by atoms with Crippen LogP contribution in [-0.2, 0) is 14.3 Å². The quantitative estimate of drug-likeness (QED) is 0.545. The Labute approximate surface area is 211 Å². The number of ether oxygens (including phenoxy) is 2. The molecule has 0 spiro atoms. The Bertz CT molecular complexity index is 1130. The normalized spacial score (nSPS) is 31.4. The molecule has 1 N–H and O–H groups in total. The van der Waals surface area contributed by atoms with E-state index in [1.54, 1.807) is 19.2 Å². The molecular weight excluding hydrogens is 461 g/mol. The van der Waals surface area contributed by atoms with Gasteiger partial charge in [0.25, 0.3) is 0 Å². The molecule has 3 aliphatic rings. The molecule has 5 rings (SSSR count). The second-order valence-electron chi connectivity index (χ2n) is 10.3. The molecule has 190 valence electrons. The van der Waals surface area contributed by atoms with Crippen LogP contribution < -0.4 is 5.32 Å². The third-order valence-corrected chi connectivity index (χ3v) is 8.18. The topological polar surface area (TPSA) is 77.5 Å². The highest BCUT2D eigenvalue weighted by Gasteiger charge is 2.54. The highest BCUT2D eigenvalue weighted by atomic mass is 19.1. The molecule has 3 fully saturated rings. The van der Waals surface area contributed by atoms with Gasteiger partial charge in [0.2, 0.25) is 0 Å². The Kier molecular flexibility index (Phi) is 7.08. The van der Waals surface area contributed by atoms with E-state index in [4.69, 9.17) is 9.47 Å². The molecule has 2 aromatic rings. The second kappa shape index (κ2) is 10.4. The van der Waals surface area contributed by atoms with E-state index in [1.165, 1.54) is 12.1 Å². The van der Waals surface area contributed by atoms with Crippen LogP contribution in [0.2, 0.25) is 0 Å². The molecule has 1 aliphatic heterocycles. The molecule has 0 radical (unpaired) electrons. The standard InChI is InChI=1S/C29H33FN2O4/c1-3-35-29(34)32-23-10-11-24-20(14-23)15-26-27(17(2)36-28(26)33)25(24)12-9-22-8-7-19(16-31-22)18-5-4-6-21(30)13-18/h4-9,12-13,16-17,20,23-27H,3,10-11,14-15H2,1-2H3,(H,32,34)/b12-9+/t17-,20+,23-,24-,25+,26-,27+/m1/s1/i9+2. The van der Waals surface area contributed by atoms with Crippen LogP contribution in [0, 0.1) is 35.4 Å². The minimum Gasteiger partial charge on any atom is -0.462 e. The van der Waals surface area contributed by atoms with Gasteiger partial charge in [-0.1, -0.05) is 24.3 Å². The molecule has 2 saturated carbocycles. The number of halogens is 1. The van der Waals surface area contributed by atoms with Gasteiger partial charge in [0.1, 0.15) is 11.9 Å². The average molecular weight is 495 g/mol. The van der Waals surface area contributed by atoms with E-state index in [1.807, 2.05) is 31.2 Å². The van der Waals surface area contributed by atoms with Gasteiger partial charge in [-0.3, -0.25) is 9.78 Å². The number of benzene rings is 1. The van der Waals surface area contributed by atoms with Gasteiger partial charge in [0, 0.05) is 23.7 Å². The summed E-state index contributed by atoms with van der Waals surface area (Å²) < 4.78 is 24.3. The fourth-order valence-electron chi connectivity index (χ4n) is 6.64.